The number of para-hydroxylation sites is 1. The summed E-state index contributed by atoms with van der Waals surface area (Å²) in [5, 5.41) is 4.26. The molecule has 2 aromatic carbocycles. The average molecular weight is 306 g/mol. The molecule has 3 aromatic rings. The topological polar surface area (TPSA) is 80.9 Å². The molecule has 5 heteroatoms. The van der Waals surface area contributed by atoms with Crippen LogP contribution in [-0.4, -0.2) is 15.9 Å². The van der Waals surface area contributed by atoms with E-state index in [0.29, 0.717) is 5.56 Å². The molecule has 0 fully saturated rings. The number of primary amides is 1. The van der Waals surface area contributed by atoms with Crippen molar-refractivity contribution < 1.29 is 4.79 Å². The second kappa shape index (κ2) is 6.04. The number of hydrogen-bond acceptors (Lipinski definition) is 4. The van der Waals surface area contributed by atoms with Gasteiger partial charge in [0.25, 0.3) is 0 Å². The number of benzene rings is 2. The summed E-state index contributed by atoms with van der Waals surface area (Å²) in [6.45, 7) is 4.13. The predicted molar refractivity (Wildman–Crippen MR) is 91.9 cm³/mol. The SMILES string of the molecule is CC(C)c1nc(Nc2ccc(C(N)=O)cc2)c2ccccc2n1. The lowest BCUT2D eigenvalue weighted by molar-refractivity contribution is 0.100. The first kappa shape index (κ1) is 15.0. The third-order valence-electron chi connectivity index (χ3n) is 3.57. The number of anilines is 2. The van der Waals surface area contributed by atoms with Crippen molar-refractivity contribution in [3.63, 3.8) is 0 Å². The molecule has 3 N–H and O–H groups in total. The summed E-state index contributed by atoms with van der Waals surface area (Å²) in [5.74, 6) is 1.34. The third kappa shape index (κ3) is 3.13. The molecule has 0 saturated carbocycles. The van der Waals surface area contributed by atoms with E-state index in [1.54, 1.807) is 12.1 Å². The fraction of sp³-hybridized carbons (Fsp3) is 0.167. The predicted octanol–water partition coefficient (Wildman–Crippen LogP) is 3.60. The maximum atomic E-state index is 11.1. The van der Waals surface area contributed by atoms with Gasteiger partial charge in [-0.15, -0.1) is 0 Å². The van der Waals surface area contributed by atoms with E-state index in [-0.39, 0.29) is 5.92 Å². The number of aromatic nitrogens is 2. The van der Waals surface area contributed by atoms with E-state index in [0.717, 1.165) is 28.2 Å². The van der Waals surface area contributed by atoms with Gasteiger partial charge >= 0.3 is 0 Å². The van der Waals surface area contributed by atoms with Gasteiger partial charge in [-0.25, -0.2) is 9.97 Å². The van der Waals surface area contributed by atoms with Gasteiger partial charge in [-0.05, 0) is 36.4 Å². The molecule has 3 rings (SSSR count). The van der Waals surface area contributed by atoms with E-state index in [4.69, 9.17) is 5.73 Å². The number of nitrogens with two attached hydrogens (primary N) is 1. The molecule has 0 aliphatic heterocycles. The molecule has 0 aliphatic carbocycles. The highest BCUT2D eigenvalue weighted by Gasteiger charge is 2.10. The van der Waals surface area contributed by atoms with Crippen molar-refractivity contribution >= 4 is 28.3 Å². The summed E-state index contributed by atoms with van der Waals surface area (Å²) in [4.78, 5) is 20.4. The largest absolute Gasteiger partial charge is 0.366 e. The molecular weight excluding hydrogens is 288 g/mol. The smallest absolute Gasteiger partial charge is 0.248 e. The Hall–Kier alpha value is -2.95. The highest BCUT2D eigenvalue weighted by molar-refractivity contribution is 5.94. The van der Waals surface area contributed by atoms with Crippen LogP contribution in [0.2, 0.25) is 0 Å². The van der Waals surface area contributed by atoms with Gasteiger partial charge < -0.3 is 11.1 Å². The van der Waals surface area contributed by atoms with Crippen LogP contribution in [0.3, 0.4) is 0 Å². The molecule has 0 radical (unpaired) electrons. The van der Waals surface area contributed by atoms with E-state index < -0.39 is 5.91 Å². The molecule has 0 bridgehead atoms. The van der Waals surface area contributed by atoms with E-state index in [1.165, 1.54) is 0 Å². The summed E-state index contributed by atoms with van der Waals surface area (Å²) in [5.41, 5.74) is 7.49. The van der Waals surface area contributed by atoms with Gasteiger partial charge in [-0.2, -0.15) is 0 Å². The maximum Gasteiger partial charge on any atom is 0.248 e. The summed E-state index contributed by atoms with van der Waals surface area (Å²) < 4.78 is 0. The normalized spacial score (nSPS) is 10.9. The Morgan fingerprint density at radius 1 is 1.04 bits per heavy atom. The highest BCUT2D eigenvalue weighted by atomic mass is 16.1. The molecule has 1 heterocycles. The first-order chi connectivity index (χ1) is 11.0. The van der Waals surface area contributed by atoms with Crippen molar-refractivity contribution in [2.75, 3.05) is 5.32 Å². The third-order valence-corrected chi connectivity index (χ3v) is 3.57. The van der Waals surface area contributed by atoms with Crippen LogP contribution in [0.25, 0.3) is 10.9 Å². The minimum atomic E-state index is -0.439. The van der Waals surface area contributed by atoms with Gasteiger partial charge in [0.2, 0.25) is 5.91 Å². The summed E-state index contributed by atoms with van der Waals surface area (Å²) in [6.07, 6.45) is 0. The Morgan fingerprint density at radius 3 is 2.39 bits per heavy atom. The van der Waals surface area contributed by atoms with Crippen LogP contribution >= 0.6 is 0 Å². The quantitative estimate of drug-likeness (QED) is 0.771. The zero-order valence-electron chi connectivity index (χ0n) is 13.1. The molecule has 23 heavy (non-hydrogen) atoms. The van der Waals surface area contributed by atoms with Gasteiger partial charge in [-0.1, -0.05) is 26.0 Å². The van der Waals surface area contributed by atoms with Gasteiger partial charge in [-0.3, -0.25) is 4.79 Å². The lowest BCUT2D eigenvalue weighted by Gasteiger charge is -2.12. The van der Waals surface area contributed by atoms with Gasteiger partial charge in [0.05, 0.1) is 5.52 Å². The van der Waals surface area contributed by atoms with E-state index in [1.807, 2.05) is 36.4 Å². The van der Waals surface area contributed by atoms with E-state index in [9.17, 15) is 4.79 Å². The number of hydrogen-bond donors (Lipinski definition) is 2. The zero-order chi connectivity index (χ0) is 16.4. The molecule has 0 atom stereocenters. The first-order valence-electron chi connectivity index (χ1n) is 7.48. The van der Waals surface area contributed by atoms with Crippen LogP contribution in [0.1, 0.15) is 35.9 Å². The molecule has 0 spiro atoms. The van der Waals surface area contributed by atoms with Crippen LogP contribution < -0.4 is 11.1 Å². The first-order valence-corrected chi connectivity index (χ1v) is 7.48. The number of rotatable bonds is 4. The van der Waals surface area contributed by atoms with Crippen molar-refractivity contribution in [3.05, 3.63) is 59.9 Å². The van der Waals surface area contributed by atoms with Crippen LogP contribution in [0, 0.1) is 0 Å². The Balaban J connectivity index is 2.02. The minimum absolute atomic E-state index is 0.234. The Morgan fingerprint density at radius 2 is 1.74 bits per heavy atom. The fourth-order valence-electron chi connectivity index (χ4n) is 2.30. The van der Waals surface area contributed by atoms with E-state index in [2.05, 4.69) is 29.1 Å². The van der Waals surface area contributed by atoms with Crippen molar-refractivity contribution in [1.82, 2.24) is 9.97 Å². The number of carbonyl (C=O) groups excluding carboxylic acids is 1. The van der Waals surface area contributed by atoms with Gasteiger partial charge in [0.1, 0.15) is 11.6 Å². The zero-order valence-corrected chi connectivity index (χ0v) is 13.1. The van der Waals surface area contributed by atoms with Crippen LogP contribution in [-0.2, 0) is 0 Å². The molecular formula is C18H18N4O. The molecule has 0 unspecified atom stereocenters. The molecule has 1 aromatic heterocycles. The highest BCUT2D eigenvalue weighted by Crippen LogP contribution is 2.25. The van der Waals surface area contributed by atoms with Crippen molar-refractivity contribution in [2.45, 2.75) is 19.8 Å². The molecule has 0 saturated heterocycles. The summed E-state index contributed by atoms with van der Waals surface area (Å²) in [7, 11) is 0. The Kier molecular flexibility index (Phi) is 3.93. The van der Waals surface area contributed by atoms with Crippen molar-refractivity contribution in [2.24, 2.45) is 5.73 Å². The van der Waals surface area contributed by atoms with Crippen LogP contribution in [0.5, 0.6) is 0 Å². The molecule has 5 nitrogen and oxygen atoms in total. The Bertz CT molecular complexity index is 857. The summed E-state index contributed by atoms with van der Waals surface area (Å²) >= 11 is 0. The lowest BCUT2D eigenvalue weighted by Crippen LogP contribution is -2.10. The van der Waals surface area contributed by atoms with Crippen LogP contribution in [0.15, 0.2) is 48.5 Å². The molecule has 0 aliphatic rings. The average Bonchev–Trinajstić information content (AvgIpc) is 2.55. The Labute approximate surface area is 134 Å². The second-order valence-corrected chi connectivity index (χ2v) is 5.67. The fourth-order valence-corrected chi connectivity index (χ4v) is 2.30. The second-order valence-electron chi connectivity index (χ2n) is 5.67. The maximum absolute atomic E-state index is 11.1. The lowest BCUT2D eigenvalue weighted by atomic mass is 10.1. The minimum Gasteiger partial charge on any atom is -0.366 e. The van der Waals surface area contributed by atoms with Crippen molar-refractivity contribution in [1.29, 1.82) is 0 Å². The summed E-state index contributed by atoms with van der Waals surface area (Å²) in [6, 6.07) is 14.9. The number of nitrogens with zero attached hydrogens (tertiary/aromatic N) is 2. The van der Waals surface area contributed by atoms with Crippen molar-refractivity contribution in [3.8, 4) is 0 Å². The molecule has 1 amide bonds. The van der Waals surface area contributed by atoms with Gasteiger partial charge in [0, 0.05) is 22.6 Å². The number of amides is 1. The number of fused-ring (bicyclic) bond motifs is 1. The number of nitrogens with one attached hydrogen (secondary N) is 1. The number of carbonyl (C=O) groups is 1. The standard InChI is InChI=1S/C18H18N4O/c1-11(2)17-21-15-6-4-3-5-14(15)18(22-17)20-13-9-7-12(8-10-13)16(19)23/h3-11H,1-2H3,(H2,19,23)(H,20,21,22). The monoisotopic (exact) mass is 306 g/mol. The van der Waals surface area contributed by atoms with Gasteiger partial charge in [0.15, 0.2) is 0 Å². The van der Waals surface area contributed by atoms with Crippen LogP contribution in [0.4, 0.5) is 11.5 Å². The van der Waals surface area contributed by atoms with E-state index >= 15 is 0 Å². The molecule has 116 valence electrons.